The number of aliphatic hydroxyl groups excluding tert-OH is 2. The topological polar surface area (TPSA) is 107 Å². The second-order valence-corrected chi connectivity index (χ2v) is 6.17. The summed E-state index contributed by atoms with van der Waals surface area (Å²) >= 11 is 0. The molecular weight excluding hydrogens is 350 g/mol. The molecule has 0 aliphatic heterocycles. The fraction of sp³-hybridized carbons (Fsp3) is 0.300. The van der Waals surface area contributed by atoms with Crippen LogP contribution in [0.1, 0.15) is 31.8 Å². The van der Waals surface area contributed by atoms with Crippen LogP contribution in [0.3, 0.4) is 0 Å². The largest absolute Gasteiger partial charge is 0.507 e. The first-order valence-corrected chi connectivity index (χ1v) is 8.69. The van der Waals surface area contributed by atoms with Crippen LogP contribution in [0.5, 0.6) is 11.5 Å². The van der Waals surface area contributed by atoms with E-state index in [2.05, 4.69) is 0 Å². The number of phenolic OH excluding ortho intramolecular Hbond substituents is 1. The number of nitrogens with zero attached hydrogens (tertiary/aromatic N) is 1. The number of phenols is 1. The predicted molar refractivity (Wildman–Crippen MR) is 97.5 cm³/mol. The number of rotatable bonds is 8. The molecule has 0 fully saturated rings. The van der Waals surface area contributed by atoms with Crippen LogP contribution in [0.25, 0.3) is 0 Å². The highest BCUT2D eigenvalue weighted by Crippen LogP contribution is 2.37. The number of fused-ring (bicyclic) bond motifs is 2. The average Bonchev–Trinajstić information content (AvgIpc) is 2.67. The summed E-state index contributed by atoms with van der Waals surface area (Å²) in [5, 5.41) is 28.3. The van der Waals surface area contributed by atoms with Gasteiger partial charge in [-0.3, -0.25) is 14.5 Å². The zero-order valence-corrected chi connectivity index (χ0v) is 14.7. The minimum atomic E-state index is -0.412. The van der Waals surface area contributed by atoms with Gasteiger partial charge in [-0.15, -0.1) is 0 Å². The van der Waals surface area contributed by atoms with Crippen molar-refractivity contribution in [1.82, 2.24) is 4.90 Å². The van der Waals surface area contributed by atoms with Gasteiger partial charge in [-0.2, -0.15) is 0 Å². The van der Waals surface area contributed by atoms with E-state index in [4.69, 9.17) is 14.9 Å². The highest BCUT2D eigenvalue weighted by atomic mass is 16.5. The fourth-order valence-electron chi connectivity index (χ4n) is 3.20. The van der Waals surface area contributed by atoms with E-state index in [1.165, 1.54) is 12.1 Å². The van der Waals surface area contributed by atoms with E-state index in [1.54, 1.807) is 24.3 Å². The molecule has 0 aromatic heterocycles. The maximum absolute atomic E-state index is 12.9. The molecule has 2 aromatic carbocycles. The number of aromatic hydroxyl groups is 1. The number of carbonyl (C=O) groups is 2. The third kappa shape index (κ3) is 3.71. The summed E-state index contributed by atoms with van der Waals surface area (Å²) < 4.78 is 5.73. The summed E-state index contributed by atoms with van der Waals surface area (Å²) in [6.07, 6.45) is 0. The Bertz CT molecular complexity index is 858. The highest BCUT2D eigenvalue weighted by molar-refractivity contribution is 6.30. The minimum Gasteiger partial charge on any atom is -0.507 e. The second kappa shape index (κ2) is 8.30. The first-order valence-electron chi connectivity index (χ1n) is 8.69. The highest BCUT2D eigenvalue weighted by Gasteiger charge is 2.34. The molecule has 27 heavy (non-hydrogen) atoms. The number of ether oxygens (including phenoxy) is 1. The maximum atomic E-state index is 12.9. The molecular formula is C20H21NO6. The van der Waals surface area contributed by atoms with E-state index in [-0.39, 0.29) is 59.4 Å². The molecule has 3 rings (SSSR count). The Hall–Kier alpha value is -2.74. The van der Waals surface area contributed by atoms with Crippen molar-refractivity contribution in [3.05, 3.63) is 58.7 Å². The second-order valence-electron chi connectivity index (χ2n) is 6.17. The van der Waals surface area contributed by atoms with Gasteiger partial charge in [0, 0.05) is 30.8 Å². The molecule has 7 heteroatoms. The van der Waals surface area contributed by atoms with Crippen LogP contribution in [0.15, 0.2) is 36.4 Å². The number of benzene rings is 2. The zero-order valence-electron chi connectivity index (χ0n) is 14.7. The van der Waals surface area contributed by atoms with E-state index in [0.29, 0.717) is 19.6 Å². The van der Waals surface area contributed by atoms with Gasteiger partial charge in [0.15, 0.2) is 11.6 Å². The van der Waals surface area contributed by atoms with Crippen molar-refractivity contribution < 1.29 is 29.6 Å². The van der Waals surface area contributed by atoms with Gasteiger partial charge in [-0.05, 0) is 12.1 Å². The normalized spacial score (nSPS) is 12.9. The molecule has 0 atom stereocenters. The van der Waals surface area contributed by atoms with Gasteiger partial charge in [0.2, 0.25) is 0 Å². The molecule has 0 unspecified atom stereocenters. The van der Waals surface area contributed by atoms with Crippen molar-refractivity contribution in [3.8, 4) is 11.5 Å². The van der Waals surface area contributed by atoms with Crippen LogP contribution in [0, 0.1) is 0 Å². The Labute approximate surface area is 156 Å². The summed E-state index contributed by atoms with van der Waals surface area (Å²) in [6.45, 7) is 1.32. The van der Waals surface area contributed by atoms with Crippen LogP contribution < -0.4 is 4.74 Å². The van der Waals surface area contributed by atoms with Crippen LogP contribution in [-0.4, -0.2) is 71.2 Å². The zero-order chi connectivity index (χ0) is 19.4. The Balaban J connectivity index is 1.87. The average molecular weight is 371 g/mol. The van der Waals surface area contributed by atoms with E-state index in [0.717, 1.165) is 0 Å². The molecule has 0 saturated heterocycles. The molecule has 142 valence electrons. The number of ketones is 2. The van der Waals surface area contributed by atoms with Crippen molar-refractivity contribution in [1.29, 1.82) is 0 Å². The molecule has 7 nitrogen and oxygen atoms in total. The standard InChI is InChI=1S/C20H21NO6/c22-10-7-21(8-11-23)9-12-27-16-6-5-15(24)17-18(16)20(26)14-4-2-1-3-13(14)19(17)25/h1-6,22-24H,7-12H2. The lowest BCUT2D eigenvalue weighted by Crippen LogP contribution is -2.33. The van der Waals surface area contributed by atoms with Crippen LogP contribution in [0.4, 0.5) is 0 Å². The summed E-state index contributed by atoms with van der Waals surface area (Å²) in [5.74, 6) is -0.810. The van der Waals surface area contributed by atoms with Gasteiger partial charge >= 0.3 is 0 Å². The Morgan fingerprint density at radius 3 is 2.00 bits per heavy atom. The smallest absolute Gasteiger partial charge is 0.198 e. The molecule has 0 saturated carbocycles. The Morgan fingerprint density at radius 2 is 1.41 bits per heavy atom. The van der Waals surface area contributed by atoms with Crippen LogP contribution >= 0.6 is 0 Å². The van der Waals surface area contributed by atoms with E-state index < -0.39 is 5.78 Å². The first-order chi connectivity index (χ1) is 13.1. The van der Waals surface area contributed by atoms with Crippen molar-refractivity contribution >= 4 is 11.6 Å². The monoisotopic (exact) mass is 371 g/mol. The third-order valence-corrected chi connectivity index (χ3v) is 4.51. The van der Waals surface area contributed by atoms with Gasteiger partial charge in [0.1, 0.15) is 18.1 Å². The fourth-order valence-corrected chi connectivity index (χ4v) is 3.20. The van der Waals surface area contributed by atoms with Crippen molar-refractivity contribution in [2.75, 3.05) is 39.5 Å². The van der Waals surface area contributed by atoms with Crippen molar-refractivity contribution in [2.24, 2.45) is 0 Å². The van der Waals surface area contributed by atoms with E-state index >= 15 is 0 Å². The number of carbonyl (C=O) groups excluding carboxylic acids is 2. The molecule has 3 N–H and O–H groups in total. The number of aliphatic hydroxyl groups is 2. The molecule has 0 amide bonds. The Kier molecular flexibility index (Phi) is 5.85. The van der Waals surface area contributed by atoms with Crippen molar-refractivity contribution in [2.45, 2.75) is 0 Å². The van der Waals surface area contributed by atoms with Crippen LogP contribution in [-0.2, 0) is 0 Å². The lowest BCUT2D eigenvalue weighted by atomic mass is 9.83. The minimum absolute atomic E-state index is 0.0428. The predicted octanol–water partition coefficient (Wildman–Crippen LogP) is 0.833. The number of hydrogen-bond donors (Lipinski definition) is 3. The molecule has 0 radical (unpaired) electrons. The van der Waals surface area contributed by atoms with Gasteiger partial charge in [-0.1, -0.05) is 24.3 Å². The van der Waals surface area contributed by atoms with Gasteiger partial charge < -0.3 is 20.1 Å². The molecule has 0 bridgehead atoms. The Morgan fingerprint density at radius 1 is 0.815 bits per heavy atom. The van der Waals surface area contributed by atoms with Gasteiger partial charge in [-0.25, -0.2) is 0 Å². The number of hydrogen-bond acceptors (Lipinski definition) is 7. The van der Waals surface area contributed by atoms with Crippen LogP contribution in [0.2, 0.25) is 0 Å². The van der Waals surface area contributed by atoms with Gasteiger partial charge in [0.25, 0.3) is 0 Å². The third-order valence-electron chi connectivity index (χ3n) is 4.51. The lowest BCUT2D eigenvalue weighted by molar-refractivity contribution is 0.0971. The molecule has 2 aromatic rings. The van der Waals surface area contributed by atoms with Gasteiger partial charge in [0.05, 0.1) is 24.3 Å². The molecule has 1 aliphatic rings. The summed E-state index contributed by atoms with van der Waals surface area (Å²) in [6, 6.07) is 9.30. The van der Waals surface area contributed by atoms with E-state index in [1.807, 2.05) is 4.90 Å². The first kappa shape index (κ1) is 19.0. The molecule has 0 heterocycles. The quantitative estimate of drug-likeness (QED) is 0.538. The summed E-state index contributed by atoms with van der Waals surface area (Å²) in [7, 11) is 0. The van der Waals surface area contributed by atoms with Crippen molar-refractivity contribution in [3.63, 3.8) is 0 Å². The van der Waals surface area contributed by atoms with E-state index in [9.17, 15) is 14.7 Å². The summed E-state index contributed by atoms with van der Waals surface area (Å²) in [4.78, 5) is 27.5. The maximum Gasteiger partial charge on any atom is 0.198 e. The summed E-state index contributed by atoms with van der Waals surface area (Å²) in [5.41, 5.74) is 0.570. The molecule has 1 aliphatic carbocycles. The molecule has 0 spiro atoms. The SMILES string of the molecule is O=C1c2ccccc2C(=O)c2c(OCCN(CCO)CCO)ccc(O)c21. The lowest BCUT2D eigenvalue weighted by Gasteiger charge is -2.23.